The minimum atomic E-state index is -0.230. The second-order valence-electron chi connectivity index (χ2n) is 4.57. The van der Waals surface area contributed by atoms with Gasteiger partial charge in [0.05, 0.1) is 18.5 Å². The summed E-state index contributed by atoms with van der Waals surface area (Å²) in [5, 5.41) is 0. The first kappa shape index (κ1) is 11.8. The van der Waals surface area contributed by atoms with Gasteiger partial charge in [0.25, 0.3) is 0 Å². The summed E-state index contributed by atoms with van der Waals surface area (Å²) in [5.41, 5.74) is 9.59. The lowest BCUT2D eigenvalue weighted by molar-refractivity contribution is 0.417. The molecule has 0 bridgehead atoms. The highest BCUT2D eigenvalue weighted by atomic mass is 19.1. The highest BCUT2D eigenvalue weighted by molar-refractivity contribution is 5.81. The van der Waals surface area contributed by atoms with Crippen molar-refractivity contribution in [2.24, 2.45) is 0 Å². The van der Waals surface area contributed by atoms with Crippen molar-refractivity contribution in [3.63, 3.8) is 0 Å². The van der Waals surface area contributed by atoms with Crippen LogP contribution in [0.4, 0.5) is 21.5 Å². The molecule has 0 unspecified atom stereocenters. The number of benzene rings is 2. The maximum absolute atomic E-state index is 13.4. The summed E-state index contributed by atoms with van der Waals surface area (Å²) < 4.78 is 18.6. The van der Waals surface area contributed by atoms with Crippen LogP contribution in [0.15, 0.2) is 36.4 Å². The summed E-state index contributed by atoms with van der Waals surface area (Å²) in [7, 11) is 1.59. The molecule has 0 saturated heterocycles. The van der Waals surface area contributed by atoms with Crippen LogP contribution < -0.4 is 15.4 Å². The van der Waals surface area contributed by atoms with Gasteiger partial charge in [-0.2, -0.15) is 0 Å². The van der Waals surface area contributed by atoms with Gasteiger partial charge in [-0.3, -0.25) is 0 Å². The Morgan fingerprint density at radius 2 is 2.05 bits per heavy atom. The van der Waals surface area contributed by atoms with E-state index in [9.17, 15) is 4.39 Å². The van der Waals surface area contributed by atoms with Gasteiger partial charge >= 0.3 is 0 Å². The molecule has 0 amide bonds. The highest BCUT2D eigenvalue weighted by Gasteiger charge is 2.23. The van der Waals surface area contributed by atoms with Gasteiger partial charge in [0, 0.05) is 12.2 Å². The van der Waals surface area contributed by atoms with Crippen LogP contribution in [0.1, 0.15) is 5.56 Å². The molecule has 0 spiro atoms. The monoisotopic (exact) mass is 258 g/mol. The lowest BCUT2D eigenvalue weighted by atomic mass is 10.1. The van der Waals surface area contributed by atoms with Gasteiger partial charge in [-0.05, 0) is 36.2 Å². The average molecular weight is 258 g/mol. The lowest BCUT2D eigenvalue weighted by Gasteiger charge is -2.22. The lowest BCUT2D eigenvalue weighted by Crippen LogP contribution is -2.15. The van der Waals surface area contributed by atoms with Crippen LogP contribution in [-0.2, 0) is 6.42 Å². The van der Waals surface area contributed by atoms with Crippen molar-refractivity contribution in [1.29, 1.82) is 0 Å². The quantitative estimate of drug-likeness (QED) is 0.841. The number of rotatable bonds is 2. The average Bonchev–Trinajstić information content (AvgIpc) is 2.82. The molecule has 4 heteroatoms. The molecule has 0 aromatic heterocycles. The predicted octanol–water partition coefficient (Wildman–Crippen LogP) is 3.11. The van der Waals surface area contributed by atoms with Crippen molar-refractivity contribution < 1.29 is 9.13 Å². The van der Waals surface area contributed by atoms with E-state index in [4.69, 9.17) is 10.5 Å². The molecule has 0 saturated carbocycles. The number of fused-ring (bicyclic) bond motifs is 1. The third kappa shape index (κ3) is 1.89. The maximum Gasteiger partial charge on any atom is 0.143 e. The van der Waals surface area contributed by atoms with E-state index in [1.54, 1.807) is 13.2 Å². The Labute approximate surface area is 111 Å². The summed E-state index contributed by atoms with van der Waals surface area (Å²) >= 11 is 0. The van der Waals surface area contributed by atoms with E-state index in [1.807, 2.05) is 29.2 Å². The van der Waals surface area contributed by atoms with Gasteiger partial charge < -0.3 is 15.4 Å². The van der Waals surface area contributed by atoms with E-state index in [2.05, 4.69) is 0 Å². The molecule has 2 aromatic rings. The molecule has 0 fully saturated rings. The number of para-hydroxylation sites is 1. The molecular formula is C15H15FN2O. The number of ether oxygens (including phenoxy) is 1. The smallest absolute Gasteiger partial charge is 0.143 e. The fraction of sp³-hybridized carbons (Fsp3) is 0.200. The van der Waals surface area contributed by atoms with Gasteiger partial charge in [-0.25, -0.2) is 4.39 Å². The minimum absolute atomic E-state index is 0.230. The minimum Gasteiger partial charge on any atom is -0.495 e. The number of nitrogen functional groups attached to an aromatic ring is 1. The van der Waals surface area contributed by atoms with Crippen LogP contribution in [-0.4, -0.2) is 13.7 Å². The van der Waals surface area contributed by atoms with Gasteiger partial charge in [0.2, 0.25) is 0 Å². The van der Waals surface area contributed by atoms with Crippen molar-refractivity contribution in [1.82, 2.24) is 0 Å². The molecule has 1 heterocycles. The molecule has 2 aromatic carbocycles. The van der Waals surface area contributed by atoms with Crippen LogP contribution in [0.2, 0.25) is 0 Å². The summed E-state index contributed by atoms with van der Waals surface area (Å²) in [6.07, 6.45) is 0.895. The van der Waals surface area contributed by atoms with Gasteiger partial charge in [-0.15, -0.1) is 0 Å². The third-order valence-corrected chi connectivity index (χ3v) is 3.50. The molecule has 1 aliphatic rings. The van der Waals surface area contributed by atoms with Crippen molar-refractivity contribution >= 4 is 17.1 Å². The summed E-state index contributed by atoms with van der Waals surface area (Å²) in [6, 6.07) is 10.5. The zero-order chi connectivity index (χ0) is 13.4. The number of hydrogen-bond acceptors (Lipinski definition) is 3. The van der Waals surface area contributed by atoms with E-state index >= 15 is 0 Å². The molecule has 0 aliphatic carbocycles. The van der Waals surface area contributed by atoms with Crippen LogP contribution >= 0.6 is 0 Å². The third-order valence-electron chi connectivity index (χ3n) is 3.50. The summed E-state index contributed by atoms with van der Waals surface area (Å²) in [6.45, 7) is 0.802. The zero-order valence-corrected chi connectivity index (χ0v) is 10.7. The van der Waals surface area contributed by atoms with Crippen LogP contribution in [0.25, 0.3) is 0 Å². The highest BCUT2D eigenvalue weighted by Crippen LogP contribution is 2.40. The van der Waals surface area contributed by atoms with Gasteiger partial charge in [0.1, 0.15) is 11.6 Å². The Morgan fingerprint density at radius 3 is 2.84 bits per heavy atom. The van der Waals surface area contributed by atoms with Crippen molar-refractivity contribution in [2.75, 3.05) is 24.3 Å². The Balaban J connectivity index is 2.09. The summed E-state index contributed by atoms with van der Waals surface area (Å²) in [5.74, 6) is 0.412. The van der Waals surface area contributed by atoms with Crippen LogP contribution in [0.5, 0.6) is 5.75 Å². The Kier molecular flexibility index (Phi) is 2.78. The van der Waals surface area contributed by atoms with E-state index in [0.29, 0.717) is 11.4 Å². The fourth-order valence-corrected chi connectivity index (χ4v) is 2.55. The first-order valence-corrected chi connectivity index (χ1v) is 6.19. The molecule has 1 aliphatic heterocycles. The van der Waals surface area contributed by atoms with E-state index in [-0.39, 0.29) is 5.82 Å². The van der Waals surface area contributed by atoms with Gasteiger partial charge in [-0.1, -0.05) is 12.1 Å². The standard InChI is InChI=1S/C15H15FN2O/c1-19-14-4-2-3-12(15(14)17)18-8-7-10-5-6-11(16)9-13(10)18/h2-6,9H,7-8,17H2,1H3. The second kappa shape index (κ2) is 4.46. The Bertz CT molecular complexity index is 628. The van der Waals surface area contributed by atoms with E-state index < -0.39 is 0 Å². The topological polar surface area (TPSA) is 38.5 Å². The largest absolute Gasteiger partial charge is 0.495 e. The van der Waals surface area contributed by atoms with Gasteiger partial charge in [0.15, 0.2) is 0 Å². The van der Waals surface area contributed by atoms with Crippen molar-refractivity contribution in [3.05, 3.63) is 47.8 Å². The first-order chi connectivity index (χ1) is 9.20. The number of methoxy groups -OCH3 is 1. The molecule has 3 nitrogen and oxygen atoms in total. The molecule has 19 heavy (non-hydrogen) atoms. The molecule has 2 N–H and O–H groups in total. The van der Waals surface area contributed by atoms with E-state index in [1.165, 1.54) is 6.07 Å². The Hall–Kier alpha value is -2.23. The SMILES string of the molecule is COc1cccc(N2CCc3ccc(F)cc32)c1N. The van der Waals surface area contributed by atoms with Crippen molar-refractivity contribution in [3.8, 4) is 5.75 Å². The van der Waals surface area contributed by atoms with E-state index in [0.717, 1.165) is 29.9 Å². The first-order valence-electron chi connectivity index (χ1n) is 6.19. The zero-order valence-electron chi connectivity index (χ0n) is 10.7. The molecular weight excluding hydrogens is 243 g/mol. The van der Waals surface area contributed by atoms with Crippen LogP contribution in [0, 0.1) is 5.82 Å². The predicted molar refractivity (Wildman–Crippen MR) is 74.5 cm³/mol. The Morgan fingerprint density at radius 1 is 1.21 bits per heavy atom. The molecule has 0 radical (unpaired) electrons. The van der Waals surface area contributed by atoms with Crippen molar-refractivity contribution in [2.45, 2.75) is 6.42 Å². The number of nitrogens with zero attached hydrogens (tertiary/aromatic N) is 1. The number of halogens is 1. The second-order valence-corrected chi connectivity index (χ2v) is 4.57. The normalized spacial score (nSPS) is 13.5. The maximum atomic E-state index is 13.4. The number of hydrogen-bond donors (Lipinski definition) is 1. The number of anilines is 3. The molecule has 0 atom stereocenters. The molecule has 98 valence electrons. The van der Waals surface area contributed by atoms with Crippen LogP contribution in [0.3, 0.4) is 0 Å². The molecule has 3 rings (SSSR count). The fourth-order valence-electron chi connectivity index (χ4n) is 2.55. The summed E-state index contributed by atoms with van der Waals surface area (Å²) in [4.78, 5) is 2.04. The number of nitrogens with two attached hydrogens (primary N) is 1.